The minimum atomic E-state index is -3.97. The minimum Gasteiger partial charge on any atom is -0.353 e. The molecule has 1 saturated heterocycles. The second-order valence-electron chi connectivity index (χ2n) is 5.61. The highest BCUT2D eigenvalue weighted by Gasteiger charge is 2.25. The summed E-state index contributed by atoms with van der Waals surface area (Å²) in [6.45, 7) is 1.02. The highest BCUT2D eigenvalue weighted by molar-refractivity contribution is 7.89. The van der Waals surface area contributed by atoms with Gasteiger partial charge in [-0.15, -0.1) is 0 Å². The van der Waals surface area contributed by atoms with Crippen LogP contribution in [0, 0.1) is 10.1 Å². The zero-order chi connectivity index (χ0) is 17.7. The Bertz CT molecular complexity index is 716. The van der Waals surface area contributed by atoms with Gasteiger partial charge in [-0.1, -0.05) is 6.07 Å². The summed E-state index contributed by atoms with van der Waals surface area (Å²) >= 11 is 0. The lowest BCUT2D eigenvalue weighted by Gasteiger charge is -2.18. The lowest BCUT2D eigenvalue weighted by molar-refractivity contribution is -0.385. The third-order valence-corrected chi connectivity index (χ3v) is 5.61. The van der Waals surface area contributed by atoms with Gasteiger partial charge in [-0.2, -0.15) is 4.31 Å². The minimum absolute atomic E-state index is 0.215. The van der Waals surface area contributed by atoms with E-state index in [0.717, 1.165) is 29.8 Å². The molecule has 1 heterocycles. The number of rotatable bonds is 7. The van der Waals surface area contributed by atoms with Gasteiger partial charge >= 0.3 is 0 Å². The van der Waals surface area contributed by atoms with Crippen molar-refractivity contribution in [2.75, 3.05) is 26.7 Å². The van der Waals surface area contributed by atoms with Gasteiger partial charge < -0.3 is 10.6 Å². The summed E-state index contributed by atoms with van der Waals surface area (Å²) in [6.07, 6.45) is 2.03. The fourth-order valence-corrected chi connectivity index (χ4v) is 3.62. The van der Waals surface area contributed by atoms with E-state index >= 15 is 0 Å². The summed E-state index contributed by atoms with van der Waals surface area (Å²) in [5, 5.41) is 16.7. The van der Waals surface area contributed by atoms with Crippen LogP contribution in [0.4, 0.5) is 5.69 Å². The van der Waals surface area contributed by atoms with Crippen molar-refractivity contribution in [1.29, 1.82) is 0 Å². The number of amides is 1. The SMILES string of the molecule is CN(CC(=O)NCC1CCCN1)S(=O)(=O)c1cccc([N+](=O)[O-])c1. The number of carbonyl (C=O) groups is 1. The van der Waals surface area contributed by atoms with Crippen LogP contribution >= 0.6 is 0 Å². The van der Waals surface area contributed by atoms with E-state index in [1.807, 2.05) is 0 Å². The number of non-ortho nitro benzene ring substituents is 1. The fraction of sp³-hybridized carbons (Fsp3) is 0.500. The summed E-state index contributed by atoms with van der Waals surface area (Å²) in [6, 6.07) is 4.96. The summed E-state index contributed by atoms with van der Waals surface area (Å²) in [7, 11) is -2.71. The smallest absolute Gasteiger partial charge is 0.270 e. The average Bonchev–Trinajstić information content (AvgIpc) is 3.06. The Morgan fingerprint density at radius 3 is 2.88 bits per heavy atom. The predicted molar refractivity (Wildman–Crippen MR) is 86.9 cm³/mol. The Kier molecular flexibility index (Phi) is 5.86. The second kappa shape index (κ2) is 7.69. The van der Waals surface area contributed by atoms with Gasteiger partial charge in [0, 0.05) is 31.8 Å². The van der Waals surface area contributed by atoms with Crippen LogP contribution in [-0.4, -0.2) is 56.3 Å². The average molecular weight is 356 g/mol. The van der Waals surface area contributed by atoms with Crippen LogP contribution in [0.2, 0.25) is 0 Å². The second-order valence-corrected chi connectivity index (χ2v) is 7.66. The fourth-order valence-electron chi connectivity index (χ4n) is 2.45. The number of nitro groups is 1. The number of nitrogens with zero attached hydrogens (tertiary/aromatic N) is 2. The molecule has 0 aromatic heterocycles. The van der Waals surface area contributed by atoms with Crippen molar-refractivity contribution in [1.82, 2.24) is 14.9 Å². The molecule has 132 valence electrons. The molecule has 1 aromatic rings. The van der Waals surface area contributed by atoms with Crippen LogP contribution in [0.3, 0.4) is 0 Å². The molecular formula is C14H20N4O5S. The van der Waals surface area contributed by atoms with Gasteiger partial charge in [0.1, 0.15) is 0 Å². The molecular weight excluding hydrogens is 336 g/mol. The Hall–Kier alpha value is -2.04. The van der Waals surface area contributed by atoms with E-state index in [4.69, 9.17) is 0 Å². The molecule has 0 saturated carbocycles. The van der Waals surface area contributed by atoms with E-state index in [1.54, 1.807) is 0 Å². The normalized spacial score (nSPS) is 17.8. The van der Waals surface area contributed by atoms with E-state index < -0.39 is 20.9 Å². The molecule has 0 radical (unpaired) electrons. The van der Waals surface area contributed by atoms with Gasteiger partial charge in [0.05, 0.1) is 16.4 Å². The summed E-state index contributed by atoms with van der Waals surface area (Å²) < 4.78 is 25.7. The molecule has 10 heteroatoms. The van der Waals surface area contributed by atoms with Gasteiger partial charge in [0.2, 0.25) is 15.9 Å². The number of likely N-dealkylation sites (N-methyl/N-ethyl adjacent to an activating group) is 1. The van der Waals surface area contributed by atoms with E-state index in [1.165, 1.54) is 25.2 Å². The molecule has 1 aromatic carbocycles. The number of hydrogen-bond acceptors (Lipinski definition) is 6. The van der Waals surface area contributed by atoms with Crippen LogP contribution in [0.15, 0.2) is 29.2 Å². The highest BCUT2D eigenvalue weighted by Crippen LogP contribution is 2.19. The Balaban J connectivity index is 1.99. The third kappa shape index (κ3) is 4.49. The van der Waals surface area contributed by atoms with Crippen molar-refractivity contribution in [2.45, 2.75) is 23.8 Å². The Morgan fingerprint density at radius 2 is 2.25 bits per heavy atom. The van der Waals surface area contributed by atoms with Crippen molar-refractivity contribution < 1.29 is 18.1 Å². The quantitative estimate of drug-likeness (QED) is 0.527. The maximum absolute atomic E-state index is 12.4. The van der Waals surface area contributed by atoms with Gasteiger partial charge in [-0.05, 0) is 25.5 Å². The highest BCUT2D eigenvalue weighted by atomic mass is 32.2. The molecule has 0 bridgehead atoms. The Morgan fingerprint density at radius 1 is 1.50 bits per heavy atom. The lowest BCUT2D eigenvalue weighted by atomic mass is 10.2. The zero-order valence-corrected chi connectivity index (χ0v) is 14.1. The van der Waals surface area contributed by atoms with E-state index in [9.17, 15) is 23.3 Å². The summed E-state index contributed by atoms with van der Waals surface area (Å²) in [5.41, 5.74) is -0.318. The van der Waals surface area contributed by atoms with Crippen LogP contribution in [-0.2, 0) is 14.8 Å². The molecule has 2 rings (SSSR count). The van der Waals surface area contributed by atoms with Crippen molar-refractivity contribution >= 4 is 21.6 Å². The predicted octanol–water partition coefficient (Wildman–Crippen LogP) is 0.0835. The first kappa shape index (κ1) is 18.3. The number of sulfonamides is 1. The molecule has 1 aliphatic rings. The first-order chi connectivity index (χ1) is 11.3. The molecule has 1 amide bonds. The number of nitrogens with one attached hydrogen (secondary N) is 2. The summed E-state index contributed by atoms with van der Waals surface area (Å²) in [5.74, 6) is -0.416. The van der Waals surface area contributed by atoms with Crippen molar-refractivity contribution in [3.63, 3.8) is 0 Å². The number of hydrogen-bond donors (Lipinski definition) is 2. The van der Waals surface area contributed by atoms with Gasteiger partial charge in [0.15, 0.2) is 0 Å². The number of benzene rings is 1. The van der Waals surface area contributed by atoms with Gasteiger partial charge in [-0.25, -0.2) is 8.42 Å². The molecule has 1 fully saturated rings. The maximum atomic E-state index is 12.4. The Labute approximate surface area is 140 Å². The molecule has 2 N–H and O–H groups in total. The summed E-state index contributed by atoms with van der Waals surface area (Å²) in [4.78, 5) is 21.8. The number of nitro benzene ring substituents is 1. The topological polar surface area (TPSA) is 122 Å². The van der Waals surface area contributed by atoms with Gasteiger partial charge in [-0.3, -0.25) is 14.9 Å². The van der Waals surface area contributed by atoms with Crippen LogP contribution in [0.1, 0.15) is 12.8 Å². The zero-order valence-electron chi connectivity index (χ0n) is 13.3. The van der Waals surface area contributed by atoms with Gasteiger partial charge in [0.25, 0.3) is 5.69 Å². The monoisotopic (exact) mass is 356 g/mol. The third-order valence-electron chi connectivity index (χ3n) is 3.81. The molecule has 1 atom stereocenters. The van der Waals surface area contributed by atoms with Crippen molar-refractivity contribution in [3.8, 4) is 0 Å². The first-order valence-electron chi connectivity index (χ1n) is 7.51. The van der Waals surface area contributed by atoms with Crippen LogP contribution < -0.4 is 10.6 Å². The molecule has 24 heavy (non-hydrogen) atoms. The largest absolute Gasteiger partial charge is 0.353 e. The van der Waals surface area contributed by atoms with E-state index in [0.29, 0.717) is 6.54 Å². The molecule has 1 aliphatic heterocycles. The molecule has 0 spiro atoms. The van der Waals surface area contributed by atoms with Crippen molar-refractivity contribution in [2.24, 2.45) is 0 Å². The van der Waals surface area contributed by atoms with Crippen LogP contribution in [0.5, 0.6) is 0 Å². The first-order valence-corrected chi connectivity index (χ1v) is 8.95. The molecule has 1 unspecified atom stereocenters. The standard InChI is InChI=1S/C14H20N4O5S/c1-17(10-14(19)16-9-11-4-3-7-15-11)24(22,23)13-6-2-5-12(8-13)18(20)21/h2,5-6,8,11,15H,3-4,7,9-10H2,1H3,(H,16,19). The maximum Gasteiger partial charge on any atom is 0.270 e. The van der Waals surface area contributed by atoms with E-state index in [-0.39, 0.29) is 23.2 Å². The molecule has 0 aliphatic carbocycles. The number of carbonyl (C=O) groups excluding carboxylic acids is 1. The van der Waals surface area contributed by atoms with E-state index in [2.05, 4.69) is 10.6 Å². The van der Waals surface area contributed by atoms with Crippen LogP contribution in [0.25, 0.3) is 0 Å². The van der Waals surface area contributed by atoms with Crippen molar-refractivity contribution in [3.05, 3.63) is 34.4 Å². The molecule has 9 nitrogen and oxygen atoms in total. The lowest BCUT2D eigenvalue weighted by Crippen LogP contribution is -2.42.